The second-order valence-electron chi connectivity index (χ2n) is 12.5. The molecule has 0 aromatic rings. The van der Waals surface area contributed by atoms with Gasteiger partial charge in [-0.15, -0.1) is 0 Å². The SMILES string of the molecule is C=C1[C@@H](CC/C(C)=C\COC(=O)CC(=O)O)[C@@]2(C)CC[C@H](O)C(C)(C)[C@@H]2C[C@H]1O[C@H]1O[C@@H](CO)[C@@H](O)[C@@H](O)[C@H]1O. The normalized spacial score (nSPS) is 39.9. The van der Waals surface area contributed by atoms with Crippen molar-refractivity contribution in [2.75, 3.05) is 13.2 Å². The van der Waals surface area contributed by atoms with Crippen LogP contribution in [0, 0.1) is 22.7 Å². The predicted octanol–water partition coefficient (Wildman–Crippen LogP) is 1.30. The minimum absolute atomic E-state index is 0.0223. The highest BCUT2D eigenvalue weighted by Gasteiger charge is 2.58. The highest BCUT2D eigenvalue weighted by Crippen LogP contribution is 2.62. The second kappa shape index (κ2) is 13.0. The van der Waals surface area contributed by atoms with Gasteiger partial charge in [0.25, 0.3) is 0 Å². The van der Waals surface area contributed by atoms with Crippen molar-refractivity contribution in [3.63, 3.8) is 0 Å². The molecule has 2 aliphatic carbocycles. The zero-order valence-electron chi connectivity index (χ0n) is 23.9. The van der Waals surface area contributed by atoms with Gasteiger partial charge in [-0.05, 0) is 73.3 Å². The molecule has 3 rings (SSSR count). The smallest absolute Gasteiger partial charge is 0.317 e. The van der Waals surface area contributed by atoms with E-state index < -0.39 is 73.3 Å². The van der Waals surface area contributed by atoms with Crippen LogP contribution in [0.1, 0.15) is 66.2 Å². The summed E-state index contributed by atoms with van der Waals surface area (Å²) >= 11 is 0. The van der Waals surface area contributed by atoms with Crippen molar-refractivity contribution in [2.45, 2.75) is 109 Å². The van der Waals surface area contributed by atoms with Crippen LogP contribution in [0.2, 0.25) is 0 Å². The van der Waals surface area contributed by atoms with E-state index in [4.69, 9.17) is 19.3 Å². The third-order valence-electron chi connectivity index (χ3n) is 9.56. The van der Waals surface area contributed by atoms with Gasteiger partial charge in [0.1, 0.15) is 37.4 Å². The number of hydrogen-bond donors (Lipinski definition) is 6. The molecule has 3 aliphatic rings. The lowest BCUT2D eigenvalue weighted by atomic mass is 9.46. The first-order valence-electron chi connectivity index (χ1n) is 14.0. The van der Waals surface area contributed by atoms with Crippen LogP contribution in [-0.2, 0) is 23.8 Å². The first kappa shape index (κ1) is 32.7. The predicted molar refractivity (Wildman–Crippen MR) is 143 cm³/mol. The van der Waals surface area contributed by atoms with Crippen LogP contribution >= 0.6 is 0 Å². The summed E-state index contributed by atoms with van der Waals surface area (Å²) < 4.78 is 16.8. The molecule has 10 atom stereocenters. The van der Waals surface area contributed by atoms with E-state index in [0.717, 1.165) is 17.6 Å². The van der Waals surface area contributed by atoms with Crippen LogP contribution < -0.4 is 0 Å². The van der Waals surface area contributed by atoms with E-state index in [1.807, 2.05) is 20.8 Å². The number of ether oxygens (including phenoxy) is 3. The van der Waals surface area contributed by atoms with Gasteiger partial charge in [0.15, 0.2) is 6.29 Å². The second-order valence-corrected chi connectivity index (χ2v) is 12.5. The van der Waals surface area contributed by atoms with Gasteiger partial charge in [-0.3, -0.25) is 9.59 Å². The van der Waals surface area contributed by atoms with Gasteiger partial charge < -0.3 is 44.8 Å². The van der Waals surface area contributed by atoms with Crippen molar-refractivity contribution < 1.29 is 54.4 Å². The fourth-order valence-corrected chi connectivity index (χ4v) is 7.00. The van der Waals surface area contributed by atoms with E-state index in [9.17, 15) is 35.1 Å². The highest BCUT2D eigenvalue weighted by molar-refractivity contribution is 5.90. The summed E-state index contributed by atoms with van der Waals surface area (Å²) in [7, 11) is 0. The molecule has 0 aromatic carbocycles. The Hall–Kier alpha value is -1.86. The molecular weight excluding hydrogens is 524 g/mol. The Kier molecular flexibility index (Phi) is 10.6. The maximum atomic E-state index is 11.5. The fourth-order valence-electron chi connectivity index (χ4n) is 7.00. The van der Waals surface area contributed by atoms with Crippen LogP contribution in [-0.4, -0.2) is 98.7 Å². The number of carboxylic acids is 1. The zero-order chi connectivity index (χ0) is 30.0. The standard InChI is InChI=1S/C29H46O11/c1-15(9-11-38-23(34)13-22(32)33)6-7-17-16(2)18(12-20-28(3,4)21(31)8-10-29(17,20)5)39-27-26(37)25(36)24(35)19(14-30)40-27/h9,17-21,24-27,30-31,35-37H,2,6-8,10-14H2,1,3-5H3,(H,32,33)/b15-9-/t17-,18-,19+,20+,21+,24-,25-,26-,27+,29-/m1/s1. The number of fused-ring (bicyclic) bond motifs is 1. The zero-order valence-corrected chi connectivity index (χ0v) is 23.9. The molecule has 0 bridgehead atoms. The summed E-state index contributed by atoms with van der Waals surface area (Å²) in [5.74, 6) is -2.06. The summed E-state index contributed by atoms with van der Waals surface area (Å²) in [6, 6.07) is 0. The third-order valence-corrected chi connectivity index (χ3v) is 9.56. The summed E-state index contributed by atoms with van der Waals surface area (Å²) in [6.07, 6.45) is -3.68. The Morgan fingerprint density at radius 1 is 1.12 bits per heavy atom. The molecule has 1 aliphatic heterocycles. The summed E-state index contributed by atoms with van der Waals surface area (Å²) in [5, 5.41) is 60.2. The fraction of sp³-hybridized carbons (Fsp3) is 0.793. The van der Waals surface area contributed by atoms with Gasteiger partial charge in [0.05, 0.1) is 18.8 Å². The molecule has 0 amide bonds. The first-order valence-corrected chi connectivity index (χ1v) is 14.0. The van der Waals surface area contributed by atoms with Crippen LogP contribution in [0.25, 0.3) is 0 Å². The first-order chi connectivity index (χ1) is 18.6. The van der Waals surface area contributed by atoms with E-state index in [1.165, 1.54) is 0 Å². The van der Waals surface area contributed by atoms with Gasteiger partial charge in [0.2, 0.25) is 0 Å². The number of carboxylic acid groups (broad SMARTS) is 1. The number of allylic oxidation sites excluding steroid dienone is 1. The number of esters is 1. The monoisotopic (exact) mass is 570 g/mol. The minimum atomic E-state index is -1.56. The lowest BCUT2D eigenvalue weighted by Crippen LogP contribution is -2.61. The number of aliphatic hydroxyl groups excluding tert-OH is 5. The van der Waals surface area contributed by atoms with Crippen molar-refractivity contribution in [2.24, 2.45) is 22.7 Å². The van der Waals surface area contributed by atoms with Crippen LogP contribution in [0.4, 0.5) is 0 Å². The van der Waals surface area contributed by atoms with E-state index in [2.05, 4.69) is 13.5 Å². The lowest BCUT2D eigenvalue weighted by Gasteiger charge is -2.61. The molecule has 3 fully saturated rings. The molecule has 11 heteroatoms. The molecule has 0 aromatic heterocycles. The number of aliphatic carboxylic acids is 1. The number of hydrogen-bond acceptors (Lipinski definition) is 10. The van der Waals surface area contributed by atoms with Gasteiger partial charge in [-0.1, -0.05) is 32.9 Å². The molecule has 228 valence electrons. The highest BCUT2D eigenvalue weighted by atomic mass is 16.7. The molecule has 1 saturated heterocycles. The summed E-state index contributed by atoms with van der Waals surface area (Å²) in [6.45, 7) is 12.0. The van der Waals surface area contributed by atoms with E-state index in [-0.39, 0.29) is 23.9 Å². The molecule has 2 saturated carbocycles. The van der Waals surface area contributed by atoms with Crippen LogP contribution in [0.5, 0.6) is 0 Å². The third kappa shape index (κ3) is 6.78. The van der Waals surface area contributed by atoms with Gasteiger partial charge in [0, 0.05) is 0 Å². The van der Waals surface area contributed by atoms with Crippen molar-refractivity contribution in [1.29, 1.82) is 0 Å². The Labute approximate surface area is 235 Å². The molecule has 40 heavy (non-hydrogen) atoms. The Balaban J connectivity index is 1.79. The maximum absolute atomic E-state index is 11.5. The van der Waals surface area contributed by atoms with Crippen molar-refractivity contribution in [3.8, 4) is 0 Å². The molecular formula is C29H46O11. The van der Waals surface area contributed by atoms with Crippen molar-refractivity contribution >= 4 is 11.9 Å². The number of aliphatic hydroxyl groups is 5. The van der Waals surface area contributed by atoms with Gasteiger partial charge in [-0.25, -0.2) is 0 Å². The van der Waals surface area contributed by atoms with E-state index in [1.54, 1.807) is 6.08 Å². The Bertz CT molecular complexity index is 960. The minimum Gasteiger partial charge on any atom is -0.481 e. The largest absolute Gasteiger partial charge is 0.481 e. The van der Waals surface area contributed by atoms with Gasteiger partial charge in [-0.2, -0.15) is 0 Å². The molecule has 0 radical (unpaired) electrons. The molecule has 1 heterocycles. The number of rotatable bonds is 10. The summed E-state index contributed by atoms with van der Waals surface area (Å²) in [5.41, 5.74) is 1.13. The van der Waals surface area contributed by atoms with Crippen molar-refractivity contribution in [1.82, 2.24) is 0 Å². The quantitative estimate of drug-likeness (QED) is 0.0963. The Morgan fingerprint density at radius 2 is 1.80 bits per heavy atom. The molecule has 0 spiro atoms. The summed E-state index contributed by atoms with van der Waals surface area (Å²) in [4.78, 5) is 22.2. The van der Waals surface area contributed by atoms with Crippen LogP contribution in [0.15, 0.2) is 23.8 Å². The maximum Gasteiger partial charge on any atom is 0.317 e. The lowest BCUT2D eigenvalue weighted by molar-refractivity contribution is -0.313. The molecule has 11 nitrogen and oxygen atoms in total. The topological polar surface area (TPSA) is 183 Å². The molecule has 0 unspecified atom stereocenters. The van der Waals surface area contributed by atoms with Gasteiger partial charge >= 0.3 is 11.9 Å². The molecule has 6 N–H and O–H groups in total. The number of carbonyl (C=O) groups excluding carboxylic acids is 1. The van der Waals surface area contributed by atoms with Crippen LogP contribution in [0.3, 0.4) is 0 Å². The number of carbonyl (C=O) groups is 2. The average Bonchev–Trinajstić information content (AvgIpc) is 2.87. The van der Waals surface area contributed by atoms with E-state index in [0.29, 0.717) is 25.7 Å². The average molecular weight is 571 g/mol. The van der Waals surface area contributed by atoms with Crippen molar-refractivity contribution in [3.05, 3.63) is 23.8 Å². The Morgan fingerprint density at radius 3 is 2.42 bits per heavy atom. The van der Waals surface area contributed by atoms with E-state index >= 15 is 0 Å².